The van der Waals surface area contributed by atoms with Crippen LogP contribution in [0.3, 0.4) is 0 Å². The van der Waals surface area contributed by atoms with Gasteiger partial charge in [0.1, 0.15) is 10.6 Å². The molecule has 0 spiro atoms. The Kier molecular flexibility index (Phi) is 5.30. The van der Waals surface area contributed by atoms with Crippen LogP contribution in [-0.4, -0.2) is 54.3 Å². The summed E-state index contributed by atoms with van der Waals surface area (Å²) in [6, 6.07) is 0.761. The van der Waals surface area contributed by atoms with Gasteiger partial charge in [0.15, 0.2) is 0 Å². The molecular formula is C13H15F2NO5S. The molecule has 9 heteroatoms. The number of hydrogen-bond donors (Lipinski definition) is 1. The minimum Gasteiger partial charge on any atom is -0.481 e. The lowest BCUT2D eigenvalue weighted by atomic mass is 10.1. The number of carbonyl (C=O) groups is 2. The van der Waals surface area contributed by atoms with Gasteiger partial charge in [-0.2, -0.15) is 8.78 Å². The number of likely N-dealkylation sites (tertiary alicyclic amines) is 1. The molecule has 0 aliphatic carbocycles. The third kappa shape index (κ3) is 3.72. The van der Waals surface area contributed by atoms with Gasteiger partial charge in [-0.1, -0.05) is 0 Å². The first kappa shape index (κ1) is 16.6. The van der Waals surface area contributed by atoms with E-state index in [9.17, 15) is 18.4 Å². The van der Waals surface area contributed by atoms with Crippen LogP contribution in [0.1, 0.15) is 22.5 Å². The Bertz CT molecular complexity index is 550. The highest BCUT2D eigenvalue weighted by Gasteiger charge is 2.38. The van der Waals surface area contributed by atoms with E-state index < -0.39 is 24.5 Å². The van der Waals surface area contributed by atoms with Crippen molar-refractivity contribution in [2.45, 2.75) is 31.6 Å². The Hall–Kier alpha value is -1.74. The molecule has 0 radical (unpaired) electrons. The zero-order valence-electron chi connectivity index (χ0n) is 11.7. The van der Waals surface area contributed by atoms with Crippen LogP contribution in [0.4, 0.5) is 8.78 Å². The second kappa shape index (κ2) is 7.01. The highest BCUT2D eigenvalue weighted by Crippen LogP contribution is 2.31. The maximum Gasteiger partial charge on any atom is 0.387 e. The Morgan fingerprint density at radius 1 is 1.55 bits per heavy atom. The molecule has 1 N–H and O–H groups in total. The van der Waals surface area contributed by atoms with Crippen molar-refractivity contribution in [1.29, 1.82) is 0 Å². The van der Waals surface area contributed by atoms with E-state index in [1.54, 1.807) is 0 Å². The van der Waals surface area contributed by atoms with E-state index in [-0.39, 0.29) is 29.7 Å². The molecule has 0 saturated carbocycles. The van der Waals surface area contributed by atoms with Crippen LogP contribution in [0.15, 0.2) is 11.4 Å². The third-order valence-corrected chi connectivity index (χ3v) is 4.30. The van der Waals surface area contributed by atoms with E-state index in [1.807, 2.05) is 0 Å². The van der Waals surface area contributed by atoms with Gasteiger partial charge < -0.3 is 19.5 Å². The minimum absolute atomic E-state index is 0.0347. The van der Waals surface area contributed by atoms with Crippen LogP contribution in [-0.2, 0) is 9.53 Å². The number of methoxy groups -OCH3 is 1. The van der Waals surface area contributed by atoms with Crippen molar-refractivity contribution >= 4 is 23.2 Å². The SMILES string of the molecule is COC1CC(CC(=O)O)N(C(=O)c2sccc2OC(F)F)C1. The molecule has 1 amide bonds. The molecule has 0 bridgehead atoms. The van der Waals surface area contributed by atoms with Gasteiger partial charge >= 0.3 is 12.6 Å². The first-order valence-electron chi connectivity index (χ1n) is 6.50. The van der Waals surface area contributed by atoms with Crippen LogP contribution in [0, 0.1) is 0 Å². The molecule has 2 heterocycles. The topological polar surface area (TPSA) is 76.1 Å². The number of ether oxygens (including phenoxy) is 2. The standard InChI is InChI=1S/C13H15F2NO5S/c1-20-8-4-7(5-10(17)18)16(6-8)12(19)11-9(2-3-22-11)21-13(14)15/h2-3,7-8,13H,4-6H2,1H3,(H,17,18). The molecule has 1 aromatic rings. The average molecular weight is 335 g/mol. The zero-order valence-corrected chi connectivity index (χ0v) is 12.5. The van der Waals surface area contributed by atoms with Crippen LogP contribution >= 0.6 is 11.3 Å². The number of amides is 1. The Morgan fingerprint density at radius 3 is 2.86 bits per heavy atom. The highest BCUT2D eigenvalue weighted by atomic mass is 32.1. The Balaban J connectivity index is 2.19. The number of nitrogens with zero attached hydrogens (tertiary/aromatic N) is 1. The third-order valence-electron chi connectivity index (χ3n) is 3.42. The van der Waals surface area contributed by atoms with E-state index in [1.165, 1.54) is 23.5 Å². The first-order valence-corrected chi connectivity index (χ1v) is 7.38. The van der Waals surface area contributed by atoms with Gasteiger partial charge in [-0.15, -0.1) is 11.3 Å². The molecular weight excluding hydrogens is 320 g/mol. The van der Waals surface area contributed by atoms with E-state index in [2.05, 4.69) is 4.74 Å². The number of halogens is 2. The van der Waals surface area contributed by atoms with Crippen LogP contribution in [0.2, 0.25) is 0 Å². The largest absolute Gasteiger partial charge is 0.481 e. The van der Waals surface area contributed by atoms with Crippen molar-refractivity contribution in [2.24, 2.45) is 0 Å². The summed E-state index contributed by atoms with van der Waals surface area (Å²) in [5.41, 5.74) is 0. The molecule has 1 saturated heterocycles. The van der Waals surface area contributed by atoms with E-state index in [0.29, 0.717) is 6.42 Å². The normalized spacial score (nSPS) is 21.4. The number of aliphatic carboxylic acids is 1. The van der Waals surface area contributed by atoms with Crippen molar-refractivity contribution in [3.8, 4) is 5.75 Å². The summed E-state index contributed by atoms with van der Waals surface area (Å²) >= 11 is 0.978. The molecule has 2 unspecified atom stereocenters. The molecule has 2 atom stereocenters. The summed E-state index contributed by atoms with van der Waals surface area (Å²) in [6.45, 7) is -2.81. The maximum absolute atomic E-state index is 12.5. The van der Waals surface area contributed by atoms with Gasteiger partial charge in [-0.3, -0.25) is 9.59 Å². The fourth-order valence-electron chi connectivity index (χ4n) is 2.46. The van der Waals surface area contributed by atoms with E-state index >= 15 is 0 Å². The molecule has 22 heavy (non-hydrogen) atoms. The molecule has 1 aromatic heterocycles. The molecule has 1 aliphatic rings. The number of hydrogen-bond acceptors (Lipinski definition) is 5. The number of carboxylic acid groups (broad SMARTS) is 1. The van der Waals surface area contributed by atoms with E-state index in [0.717, 1.165) is 11.3 Å². The van der Waals surface area contributed by atoms with Gasteiger partial charge in [0.2, 0.25) is 0 Å². The number of thiophene rings is 1. The van der Waals surface area contributed by atoms with Crippen molar-refractivity contribution in [2.75, 3.05) is 13.7 Å². The Morgan fingerprint density at radius 2 is 2.27 bits per heavy atom. The molecule has 1 aliphatic heterocycles. The summed E-state index contributed by atoms with van der Waals surface area (Å²) in [5.74, 6) is -1.74. The van der Waals surface area contributed by atoms with Gasteiger partial charge in [-0.25, -0.2) is 0 Å². The van der Waals surface area contributed by atoms with Gasteiger partial charge in [0.05, 0.1) is 12.5 Å². The lowest BCUT2D eigenvalue weighted by molar-refractivity contribution is -0.137. The van der Waals surface area contributed by atoms with Gasteiger partial charge in [0.25, 0.3) is 5.91 Å². The molecule has 1 fully saturated rings. The second-order valence-electron chi connectivity index (χ2n) is 4.80. The second-order valence-corrected chi connectivity index (χ2v) is 5.71. The van der Waals surface area contributed by atoms with Gasteiger partial charge in [-0.05, 0) is 17.9 Å². The average Bonchev–Trinajstić information content (AvgIpc) is 3.03. The highest BCUT2D eigenvalue weighted by molar-refractivity contribution is 7.12. The van der Waals surface area contributed by atoms with Crippen molar-refractivity contribution in [3.63, 3.8) is 0 Å². The van der Waals surface area contributed by atoms with Crippen LogP contribution in [0.5, 0.6) is 5.75 Å². The lowest BCUT2D eigenvalue weighted by Gasteiger charge is -2.23. The van der Waals surface area contributed by atoms with Gasteiger partial charge in [0, 0.05) is 19.7 Å². The molecule has 2 rings (SSSR count). The van der Waals surface area contributed by atoms with Crippen LogP contribution in [0.25, 0.3) is 0 Å². The predicted molar refractivity (Wildman–Crippen MR) is 73.4 cm³/mol. The number of rotatable bonds is 6. The fourth-order valence-corrected chi connectivity index (χ4v) is 3.24. The predicted octanol–water partition coefficient (Wildman–Crippen LogP) is 2.05. The smallest absolute Gasteiger partial charge is 0.387 e. The molecule has 6 nitrogen and oxygen atoms in total. The number of carbonyl (C=O) groups excluding carboxylic acids is 1. The summed E-state index contributed by atoms with van der Waals surface area (Å²) in [4.78, 5) is 24.8. The summed E-state index contributed by atoms with van der Waals surface area (Å²) in [6.07, 6.45) is -0.0970. The first-order chi connectivity index (χ1) is 10.4. The van der Waals surface area contributed by atoms with Crippen molar-refractivity contribution in [3.05, 3.63) is 16.3 Å². The summed E-state index contributed by atoms with van der Waals surface area (Å²) in [5, 5.41) is 10.4. The van der Waals surface area contributed by atoms with Crippen LogP contribution < -0.4 is 4.74 Å². The van der Waals surface area contributed by atoms with Crippen molar-refractivity contribution in [1.82, 2.24) is 4.90 Å². The van der Waals surface area contributed by atoms with E-state index in [4.69, 9.17) is 9.84 Å². The minimum atomic E-state index is -3.03. The fraction of sp³-hybridized carbons (Fsp3) is 0.538. The monoisotopic (exact) mass is 335 g/mol. The van der Waals surface area contributed by atoms with Crippen molar-refractivity contribution < 1.29 is 33.0 Å². The zero-order chi connectivity index (χ0) is 16.3. The maximum atomic E-state index is 12.5. The quantitative estimate of drug-likeness (QED) is 0.861. The molecule has 0 aromatic carbocycles. The number of carboxylic acids is 1. The summed E-state index contributed by atoms with van der Waals surface area (Å²) < 4.78 is 34.2. The number of alkyl halides is 2. The lowest BCUT2D eigenvalue weighted by Crippen LogP contribution is -2.37. The summed E-state index contributed by atoms with van der Waals surface area (Å²) in [7, 11) is 1.48. The Labute approximate surface area is 129 Å². The molecule has 122 valence electrons.